The quantitative estimate of drug-likeness (QED) is 0.0780. The summed E-state index contributed by atoms with van der Waals surface area (Å²) in [6, 6.07) is 8.74. The molecule has 0 unspecified atom stereocenters. The van der Waals surface area contributed by atoms with Crippen LogP contribution in [0.2, 0.25) is 0 Å². The first-order valence-corrected chi connectivity index (χ1v) is 41.0. The van der Waals surface area contributed by atoms with Gasteiger partial charge in [0.25, 0.3) is 11.1 Å². The maximum atomic E-state index is 13.0. The van der Waals surface area contributed by atoms with Crippen molar-refractivity contribution >= 4 is 81.0 Å². The molecule has 7 saturated heterocycles. The molecule has 0 spiro atoms. The van der Waals surface area contributed by atoms with Crippen LogP contribution in [0.4, 0.5) is 0 Å². The van der Waals surface area contributed by atoms with Crippen molar-refractivity contribution in [2.45, 2.75) is 173 Å². The van der Waals surface area contributed by atoms with Crippen LogP contribution in [0.15, 0.2) is 30.3 Å². The molecule has 0 bridgehead atoms. The van der Waals surface area contributed by atoms with Gasteiger partial charge < -0.3 is 53.6 Å². The molecular weight excluding hydrogens is 1410 g/mol. The molecule has 7 fully saturated rings. The number of hydrogen-bond donors (Lipinski definition) is 4. The molecule has 7 heterocycles. The van der Waals surface area contributed by atoms with Crippen LogP contribution < -0.4 is 0 Å². The van der Waals surface area contributed by atoms with Gasteiger partial charge in [0.15, 0.2) is 22.2 Å². The first-order chi connectivity index (χ1) is 35.9. The molecule has 4 N–H and O–H groups in total. The van der Waals surface area contributed by atoms with Crippen molar-refractivity contribution in [2.75, 3.05) is 54.4 Å². The third kappa shape index (κ3) is 11.3. The number of hydrogen-bond acceptors (Lipinski definition) is 18. The van der Waals surface area contributed by atoms with Gasteiger partial charge in [-0.15, -0.1) is 0 Å². The van der Waals surface area contributed by atoms with Crippen LogP contribution >= 0.6 is 40.2 Å². The van der Waals surface area contributed by atoms with Crippen molar-refractivity contribution in [3.63, 3.8) is 0 Å². The van der Waals surface area contributed by atoms with Gasteiger partial charge in [0.1, 0.15) is 35.5 Å². The molecule has 3 amide bonds. The first kappa shape index (κ1) is 69.0. The van der Waals surface area contributed by atoms with Crippen LogP contribution in [-0.4, -0.2) is 188 Å². The molecule has 0 aliphatic carbocycles. The summed E-state index contributed by atoms with van der Waals surface area (Å²) in [5, 5.41) is 40.3. The number of aliphatic hydroxyl groups excluding tert-OH is 2. The zero-order valence-electron chi connectivity index (χ0n) is 47.5. The van der Waals surface area contributed by atoms with E-state index in [1.165, 1.54) is 43.0 Å². The summed E-state index contributed by atoms with van der Waals surface area (Å²) in [4.78, 5) is 91.1. The molecule has 8 rings (SSSR count). The fourth-order valence-electron chi connectivity index (χ4n) is 12.1. The van der Waals surface area contributed by atoms with E-state index in [9.17, 15) is 54.0 Å². The monoisotopic (exact) mass is 1490 g/mol. The van der Waals surface area contributed by atoms with Gasteiger partial charge in [-0.05, 0) is 45.2 Å². The van der Waals surface area contributed by atoms with E-state index < -0.39 is 98.1 Å². The van der Waals surface area contributed by atoms with Crippen molar-refractivity contribution in [3.05, 3.63) is 35.9 Å². The number of benzene rings is 1. The van der Waals surface area contributed by atoms with Gasteiger partial charge in [-0.3, -0.25) is 33.9 Å². The molecule has 0 aromatic heterocycles. The number of esters is 3. The number of carbonyl (C=O) groups is 7. The number of fused-ring (bicyclic) bond motifs is 5. The Hall–Kier alpha value is -1.52. The van der Waals surface area contributed by atoms with Crippen LogP contribution in [0.5, 0.6) is 0 Å². The van der Waals surface area contributed by atoms with Gasteiger partial charge in [0, 0.05) is 41.4 Å². The number of epoxide rings is 1. The fraction of sp³-hybridized carbons (Fsp3) is 0.755. The Labute approximate surface area is 495 Å². The Balaban J connectivity index is 0.000000228. The Morgan fingerprint density at radius 2 is 1.01 bits per heavy atom. The van der Waals surface area contributed by atoms with Crippen molar-refractivity contribution in [3.8, 4) is 0 Å². The summed E-state index contributed by atoms with van der Waals surface area (Å²) in [6.45, 7) is 23.5. The van der Waals surface area contributed by atoms with E-state index in [1.54, 1.807) is 38.1 Å². The van der Waals surface area contributed by atoms with E-state index in [-0.39, 0.29) is 99.9 Å². The third-order valence-corrected chi connectivity index (χ3v) is 16.3. The Kier molecular flexibility index (Phi) is 22.4. The van der Waals surface area contributed by atoms with Gasteiger partial charge in [-0.2, -0.15) is 0 Å². The Morgan fingerprint density at radius 3 is 1.33 bits per heavy atom. The second kappa shape index (κ2) is 25.4. The average Bonchev–Trinajstić information content (AvgIpc) is 3.95. The number of amides is 3. The first-order valence-electron chi connectivity index (χ1n) is 25.6. The van der Waals surface area contributed by atoms with Crippen LogP contribution in [0.3, 0.4) is 0 Å². The number of aliphatic hydroxyl groups is 4. The number of rotatable bonds is 10. The third-order valence-electron chi connectivity index (χ3n) is 16.1. The number of nitrogens with zero attached hydrogens (tertiary/aromatic N) is 3. The number of ether oxygens (including phenoxy) is 7. The van der Waals surface area contributed by atoms with Gasteiger partial charge in [0.05, 0.1) is 53.0 Å². The summed E-state index contributed by atoms with van der Waals surface area (Å²) in [7, 11) is 3.79. The van der Waals surface area contributed by atoms with Crippen LogP contribution in [0.1, 0.15) is 126 Å². The molecule has 12 atom stereocenters. The zero-order valence-corrected chi connectivity index (χ0v) is 55.2. The second-order valence-electron chi connectivity index (χ2n) is 24.1. The van der Waals surface area contributed by atoms with E-state index in [1.807, 2.05) is 75.3 Å². The van der Waals surface area contributed by atoms with Crippen LogP contribution in [-0.2, 0) is 61.9 Å². The molecule has 21 nitrogen and oxygen atoms in total. The van der Waals surface area contributed by atoms with Gasteiger partial charge in [-0.25, -0.2) is 14.4 Å². The number of methoxy groups -OCH3 is 3. The minimum atomic E-state index is -1.68. The average molecular weight is 1490 g/mol. The van der Waals surface area contributed by atoms with Crippen molar-refractivity contribution in [2.24, 2.45) is 28.1 Å². The molecule has 7 aliphatic heterocycles. The molecule has 1 aromatic carbocycles. The van der Waals surface area contributed by atoms with Gasteiger partial charge >= 0.3 is 71.9 Å². The summed E-state index contributed by atoms with van der Waals surface area (Å²) in [5.41, 5.74) is -10.3. The Morgan fingerprint density at radius 1 is 0.654 bits per heavy atom. The zero-order chi connectivity index (χ0) is 59.8. The second-order valence-corrected chi connectivity index (χ2v) is 43.8. The van der Waals surface area contributed by atoms with E-state index in [2.05, 4.69) is 28.6 Å². The van der Waals surface area contributed by atoms with Crippen LogP contribution in [0.25, 0.3) is 0 Å². The van der Waals surface area contributed by atoms with Crippen molar-refractivity contribution < 1.29 is 113 Å². The summed E-state index contributed by atoms with van der Waals surface area (Å²) < 4.78 is 37.9. The predicted octanol–water partition coefficient (Wildman–Crippen LogP) is 5.09. The van der Waals surface area contributed by atoms with Crippen LogP contribution in [0, 0.1) is 53.5 Å². The summed E-state index contributed by atoms with van der Waals surface area (Å²) in [6.07, 6.45) is -0.229. The van der Waals surface area contributed by atoms with Gasteiger partial charge in [0.2, 0.25) is 11.8 Å². The van der Waals surface area contributed by atoms with E-state index in [4.69, 9.17) is 44.8 Å². The van der Waals surface area contributed by atoms with Crippen molar-refractivity contribution in [1.82, 2.24) is 14.7 Å². The number of morpholine rings is 1. The molecule has 442 valence electrons. The SMILES string of the molecule is CCC[C@H]1C(=O)N2[C@@H](C(C)(C)C)OC[C@]2(C(=O)OC)[C@@]1(C)O.COC(=O)[C@]12CO[C@H](C(C)(C)C)N1C(=O)[C@H](CCO)[C@]2(C)O.COC(=O)[C@]12CO[C@H](C(C)(C)C)N1C(=O)[C@]1(CCO)O[C@@]12C.O=C(Cl)c1ccccc1.[I][Sm][I]. The molecule has 0 saturated carbocycles. The standard InChI is InChI=1S/C16H27NO5.C15H23NO6.C15H25NO6.C7H5ClO.2HI.Sm/c1-7-8-10-11(18)17-12(14(2,3)4)22-9-16(17,13(19)21-6)15(10,5)20;1-12(2,3)10-16-9(18)15(6-7-17)13(4,22-15)14(16,8-21-10)11(19)20-5;1-13(2,3)11-16-10(18)9(6-7-17)14(4,20)15(16,8-22-11)12(19)21-5;8-7(9)6-4-2-1-3-5-6;;;/h10,12,20H,7-9H2,1-6H3;10,17H,6-8H2,1-5H3;9,11,17,20H,6-8H2,1-5H3;1-5H;2*1H;/q;;;;;;+2/p-2/t10-,12+,15-,16-;10-,13-,14+,15+;9-,11+,14-,15-;;;;/m010..../s1. The maximum absolute atomic E-state index is 13.0. The molecule has 25 heteroatoms. The van der Waals surface area contributed by atoms with Gasteiger partial charge in [-0.1, -0.05) is 106 Å². The van der Waals surface area contributed by atoms with E-state index in [0.717, 1.165) is 6.42 Å². The molecule has 7 aliphatic rings. The molecule has 0 radical (unpaired) electrons. The fourth-order valence-corrected chi connectivity index (χ4v) is 12.2. The number of halogens is 3. The van der Waals surface area contributed by atoms with Crippen molar-refractivity contribution in [1.29, 1.82) is 0 Å². The molecular formula is C53H80ClI2N3O18Sm. The van der Waals surface area contributed by atoms with E-state index >= 15 is 0 Å². The van der Waals surface area contributed by atoms with E-state index in [0.29, 0.717) is 12.0 Å². The molecule has 1 aromatic rings. The summed E-state index contributed by atoms with van der Waals surface area (Å²) in [5.74, 6) is -4.25. The normalized spacial score (nSPS) is 35.0. The number of carbonyl (C=O) groups excluding carboxylic acids is 7. The Bertz CT molecular complexity index is 2220. The summed E-state index contributed by atoms with van der Waals surface area (Å²) >= 11 is 10.2. The predicted molar refractivity (Wildman–Crippen MR) is 296 cm³/mol. The molecule has 78 heavy (non-hydrogen) atoms. The minimum absolute atomic E-state index is 0.0387. The topological polar surface area (TPSA) is 278 Å².